The highest BCUT2D eigenvalue weighted by molar-refractivity contribution is 4.68. The number of hydrogen-bond donors (Lipinski definition) is 0. The van der Waals surface area contributed by atoms with Crippen molar-refractivity contribution in [2.24, 2.45) is 0 Å². The van der Waals surface area contributed by atoms with Gasteiger partial charge in [0.15, 0.2) is 0 Å². The molecule has 0 aromatic rings. The largest absolute Gasteiger partial charge is 0.374 e. The maximum Gasteiger partial charge on any atom is 0.309 e. The van der Waals surface area contributed by atoms with E-state index in [1.54, 1.807) is 0 Å². The Morgan fingerprint density at radius 3 is 2.44 bits per heavy atom. The van der Waals surface area contributed by atoms with Gasteiger partial charge in [0.25, 0.3) is 0 Å². The molecule has 0 aromatic heterocycles. The zero-order chi connectivity index (χ0) is 14.2. The van der Waals surface area contributed by atoms with E-state index in [0.717, 1.165) is 6.42 Å². The summed E-state index contributed by atoms with van der Waals surface area (Å²) in [4.78, 5) is 10.0. The van der Waals surface area contributed by atoms with Crippen LogP contribution in [-0.2, 0) is 4.74 Å². The maximum absolute atomic E-state index is 12.5. The molecule has 0 saturated heterocycles. The molecule has 0 saturated carbocycles. The molecule has 0 aromatic carbocycles. The Morgan fingerprint density at radius 1 is 1.39 bits per heavy atom. The van der Waals surface area contributed by atoms with Crippen molar-refractivity contribution < 1.29 is 27.2 Å². The molecule has 0 N–H and O–H groups in total. The van der Waals surface area contributed by atoms with E-state index in [9.17, 15) is 27.7 Å². The first kappa shape index (κ1) is 17.1. The van der Waals surface area contributed by atoms with Crippen molar-refractivity contribution in [2.75, 3.05) is 13.2 Å². The highest BCUT2D eigenvalue weighted by atomic mass is 19.3. The molecule has 0 amide bonds. The first-order valence-corrected chi connectivity index (χ1v) is 5.68. The second kappa shape index (κ2) is 8.23. The summed E-state index contributed by atoms with van der Waals surface area (Å²) in [7, 11) is 0. The molecule has 0 spiro atoms. The first-order valence-electron chi connectivity index (χ1n) is 5.68. The van der Waals surface area contributed by atoms with Crippen LogP contribution in [0.5, 0.6) is 0 Å². The number of rotatable bonds is 10. The highest BCUT2D eigenvalue weighted by Crippen LogP contribution is 2.26. The monoisotopic (exact) mass is 275 g/mol. The zero-order valence-electron chi connectivity index (χ0n) is 10.1. The predicted molar refractivity (Wildman–Crippen MR) is 56.7 cm³/mol. The molecule has 0 fully saturated rings. The summed E-state index contributed by atoms with van der Waals surface area (Å²) in [6.07, 6.45) is -3.19. The van der Waals surface area contributed by atoms with Crippen LogP contribution in [0.25, 0.3) is 0 Å². The van der Waals surface area contributed by atoms with Crippen molar-refractivity contribution in [1.29, 1.82) is 0 Å². The van der Waals surface area contributed by atoms with E-state index in [4.69, 9.17) is 0 Å². The minimum absolute atomic E-state index is 0.286. The molecular formula is C10H17F4NO3. The molecule has 18 heavy (non-hydrogen) atoms. The Kier molecular flexibility index (Phi) is 7.81. The van der Waals surface area contributed by atoms with Gasteiger partial charge in [0.2, 0.25) is 6.04 Å². The van der Waals surface area contributed by atoms with Crippen LogP contribution >= 0.6 is 0 Å². The molecule has 8 heteroatoms. The van der Waals surface area contributed by atoms with Crippen LogP contribution in [0.4, 0.5) is 17.6 Å². The van der Waals surface area contributed by atoms with E-state index < -0.39 is 36.3 Å². The summed E-state index contributed by atoms with van der Waals surface area (Å²) in [5.74, 6) is -4.10. The van der Waals surface area contributed by atoms with Crippen LogP contribution in [0.1, 0.15) is 32.6 Å². The van der Waals surface area contributed by atoms with E-state index in [1.165, 1.54) is 0 Å². The van der Waals surface area contributed by atoms with Crippen molar-refractivity contribution >= 4 is 0 Å². The molecule has 0 bridgehead atoms. The van der Waals surface area contributed by atoms with E-state index in [-0.39, 0.29) is 13.0 Å². The molecule has 0 aliphatic heterocycles. The van der Waals surface area contributed by atoms with Crippen LogP contribution < -0.4 is 0 Å². The smallest absolute Gasteiger partial charge is 0.309 e. The number of nitro groups is 1. The number of halogens is 4. The lowest BCUT2D eigenvalue weighted by Crippen LogP contribution is -2.30. The van der Waals surface area contributed by atoms with Crippen LogP contribution in [0.15, 0.2) is 0 Å². The van der Waals surface area contributed by atoms with Gasteiger partial charge in [-0.05, 0) is 6.42 Å². The zero-order valence-corrected chi connectivity index (χ0v) is 10.1. The standard InChI is InChI=1S/C10H17F4NO3/c1-2-3-4-8(15(16)17)7-18-6-5-10(13,14)9(11)12/h8-9H,2-7H2,1H3. The summed E-state index contributed by atoms with van der Waals surface area (Å²) < 4.78 is 53.2. The van der Waals surface area contributed by atoms with Crippen molar-refractivity contribution in [3.05, 3.63) is 10.1 Å². The SMILES string of the molecule is CCCCC(COCCC(F)(F)C(F)F)[N+](=O)[O-]. The number of ether oxygens (including phenoxy) is 1. The van der Waals surface area contributed by atoms with Crippen LogP contribution in [0.3, 0.4) is 0 Å². The highest BCUT2D eigenvalue weighted by Gasteiger charge is 2.40. The van der Waals surface area contributed by atoms with Gasteiger partial charge in [-0.15, -0.1) is 0 Å². The fourth-order valence-corrected chi connectivity index (χ4v) is 1.23. The number of hydrogen-bond acceptors (Lipinski definition) is 3. The quantitative estimate of drug-likeness (QED) is 0.266. The molecule has 0 rings (SSSR count). The third-order valence-electron chi connectivity index (χ3n) is 2.40. The van der Waals surface area contributed by atoms with Crippen molar-refractivity contribution in [3.8, 4) is 0 Å². The lowest BCUT2D eigenvalue weighted by molar-refractivity contribution is -0.527. The summed E-state index contributed by atoms with van der Waals surface area (Å²) >= 11 is 0. The molecule has 1 unspecified atom stereocenters. The second-order valence-corrected chi connectivity index (χ2v) is 3.97. The average molecular weight is 275 g/mol. The third-order valence-corrected chi connectivity index (χ3v) is 2.40. The third kappa shape index (κ3) is 6.73. The number of alkyl halides is 4. The molecule has 0 aliphatic rings. The van der Waals surface area contributed by atoms with Gasteiger partial charge in [0, 0.05) is 17.8 Å². The van der Waals surface area contributed by atoms with Crippen LogP contribution in [-0.4, -0.2) is 36.5 Å². The Balaban J connectivity index is 3.90. The summed E-state index contributed by atoms with van der Waals surface area (Å²) in [5, 5.41) is 10.6. The van der Waals surface area contributed by atoms with E-state index in [0.29, 0.717) is 6.42 Å². The Morgan fingerprint density at radius 2 is 2.00 bits per heavy atom. The predicted octanol–water partition coefficient (Wildman–Crippen LogP) is 3.13. The molecule has 108 valence electrons. The molecule has 4 nitrogen and oxygen atoms in total. The van der Waals surface area contributed by atoms with Gasteiger partial charge in [-0.1, -0.05) is 13.3 Å². The van der Waals surface area contributed by atoms with Gasteiger partial charge in [-0.3, -0.25) is 10.1 Å². The lowest BCUT2D eigenvalue weighted by Gasteiger charge is -2.15. The minimum Gasteiger partial charge on any atom is -0.374 e. The second-order valence-electron chi connectivity index (χ2n) is 3.97. The maximum atomic E-state index is 12.5. The van der Waals surface area contributed by atoms with E-state index in [2.05, 4.69) is 4.74 Å². The van der Waals surface area contributed by atoms with E-state index in [1.807, 2.05) is 6.92 Å². The van der Waals surface area contributed by atoms with Gasteiger partial charge < -0.3 is 4.74 Å². The lowest BCUT2D eigenvalue weighted by atomic mass is 10.1. The first-order chi connectivity index (χ1) is 8.31. The summed E-state index contributed by atoms with van der Waals surface area (Å²) in [6, 6.07) is -0.967. The average Bonchev–Trinajstić information content (AvgIpc) is 2.27. The Labute approximate surface area is 102 Å². The fraction of sp³-hybridized carbons (Fsp3) is 1.00. The summed E-state index contributed by atoms with van der Waals surface area (Å²) in [6.45, 7) is 0.918. The van der Waals surface area contributed by atoms with E-state index >= 15 is 0 Å². The molecular weight excluding hydrogens is 258 g/mol. The molecule has 1 atom stereocenters. The van der Waals surface area contributed by atoms with Crippen molar-refractivity contribution in [2.45, 2.75) is 51.0 Å². The summed E-state index contributed by atoms with van der Waals surface area (Å²) in [5.41, 5.74) is 0. The van der Waals surface area contributed by atoms with Crippen molar-refractivity contribution in [1.82, 2.24) is 0 Å². The normalized spacial score (nSPS) is 13.9. The topological polar surface area (TPSA) is 52.4 Å². The van der Waals surface area contributed by atoms with Crippen LogP contribution in [0, 0.1) is 10.1 Å². The Bertz CT molecular complexity index is 251. The Hall–Kier alpha value is -0.920. The van der Waals surface area contributed by atoms with Gasteiger partial charge >= 0.3 is 12.3 Å². The van der Waals surface area contributed by atoms with Gasteiger partial charge in [0.05, 0.1) is 6.61 Å². The fourth-order valence-electron chi connectivity index (χ4n) is 1.23. The van der Waals surface area contributed by atoms with Gasteiger partial charge in [0.1, 0.15) is 6.61 Å². The molecule has 0 aliphatic carbocycles. The number of nitrogens with zero attached hydrogens (tertiary/aromatic N) is 1. The number of unbranched alkanes of at least 4 members (excludes halogenated alkanes) is 1. The molecule has 0 radical (unpaired) electrons. The molecule has 0 heterocycles. The van der Waals surface area contributed by atoms with Crippen molar-refractivity contribution in [3.63, 3.8) is 0 Å². The van der Waals surface area contributed by atoms with Gasteiger partial charge in [-0.25, -0.2) is 17.6 Å². The van der Waals surface area contributed by atoms with Crippen LogP contribution in [0.2, 0.25) is 0 Å². The minimum atomic E-state index is -4.10. The van der Waals surface area contributed by atoms with Gasteiger partial charge in [-0.2, -0.15) is 0 Å².